The summed E-state index contributed by atoms with van der Waals surface area (Å²) in [6, 6.07) is 8.38. The third-order valence-corrected chi connectivity index (χ3v) is 5.34. The Morgan fingerprint density at radius 1 is 1.12 bits per heavy atom. The number of hydrogen-bond donors (Lipinski definition) is 1. The van der Waals surface area contributed by atoms with Crippen LogP contribution in [0.25, 0.3) is 0 Å². The van der Waals surface area contributed by atoms with Gasteiger partial charge in [0, 0.05) is 10.6 Å². The summed E-state index contributed by atoms with van der Waals surface area (Å²) in [6.45, 7) is 0. The van der Waals surface area contributed by atoms with Crippen LogP contribution in [0.5, 0.6) is 0 Å². The Kier molecular flexibility index (Phi) is 2.95. The number of aliphatic hydroxyl groups excluding tert-OH is 1. The summed E-state index contributed by atoms with van der Waals surface area (Å²) in [5, 5.41) is 10.5. The second kappa shape index (κ2) is 4.42. The van der Waals surface area contributed by atoms with E-state index in [2.05, 4.69) is 18.2 Å². The molecule has 1 nitrogen and oxygen atoms in total. The highest BCUT2D eigenvalue weighted by Crippen LogP contribution is 2.46. The van der Waals surface area contributed by atoms with Gasteiger partial charge in [-0.25, -0.2) is 0 Å². The molecule has 0 amide bonds. The molecule has 1 aromatic carbocycles. The molecule has 1 saturated carbocycles. The van der Waals surface area contributed by atoms with E-state index in [0.29, 0.717) is 5.92 Å². The van der Waals surface area contributed by atoms with E-state index in [1.54, 1.807) is 0 Å². The molecule has 1 aliphatic carbocycles. The zero-order chi connectivity index (χ0) is 11.0. The molecule has 1 N–H and O–H groups in total. The lowest BCUT2D eigenvalue weighted by atomic mass is 9.75. The van der Waals surface area contributed by atoms with Gasteiger partial charge in [0.05, 0.1) is 6.10 Å². The fraction of sp³-hybridized carbons (Fsp3) is 0.571. The van der Waals surface area contributed by atoms with E-state index >= 15 is 0 Å². The predicted molar refractivity (Wildman–Crippen MR) is 67.6 cm³/mol. The van der Waals surface area contributed by atoms with Gasteiger partial charge >= 0.3 is 0 Å². The fourth-order valence-corrected chi connectivity index (χ4v) is 4.48. The highest BCUT2D eigenvalue weighted by Gasteiger charge is 2.34. The lowest BCUT2D eigenvalue weighted by molar-refractivity contribution is 0.0543. The van der Waals surface area contributed by atoms with Crippen LogP contribution in [-0.4, -0.2) is 10.9 Å². The van der Waals surface area contributed by atoms with Gasteiger partial charge in [0.1, 0.15) is 0 Å². The third-order valence-electron chi connectivity index (χ3n) is 4.06. The van der Waals surface area contributed by atoms with Gasteiger partial charge in [-0.15, -0.1) is 11.8 Å². The van der Waals surface area contributed by atoms with E-state index < -0.39 is 0 Å². The molecular formula is C14H18OS. The summed E-state index contributed by atoms with van der Waals surface area (Å²) in [4.78, 5) is 1.30. The molecule has 0 spiro atoms. The summed E-state index contributed by atoms with van der Waals surface area (Å²) in [5.41, 5.74) is 1.17. The van der Waals surface area contributed by atoms with E-state index in [-0.39, 0.29) is 6.10 Å². The summed E-state index contributed by atoms with van der Waals surface area (Å²) >= 11 is 1.94. The maximum atomic E-state index is 10.5. The average Bonchev–Trinajstić information content (AvgIpc) is 2.49. The molecular weight excluding hydrogens is 216 g/mol. The van der Waals surface area contributed by atoms with Crippen LogP contribution in [0.4, 0.5) is 0 Å². The number of hydrogen-bond acceptors (Lipinski definition) is 2. The number of fused-ring (bicyclic) bond motifs is 2. The minimum atomic E-state index is -0.225. The molecule has 16 heavy (non-hydrogen) atoms. The Morgan fingerprint density at radius 3 is 2.88 bits per heavy atom. The van der Waals surface area contributed by atoms with Crippen LogP contribution >= 0.6 is 11.8 Å². The zero-order valence-corrected chi connectivity index (χ0v) is 10.2. The minimum Gasteiger partial charge on any atom is -0.388 e. The quantitative estimate of drug-likeness (QED) is 0.739. The van der Waals surface area contributed by atoms with Crippen molar-refractivity contribution in [2.24, 2.45) is 11.8 Å². The fourth-order valence-electron chi connectivity index (χ4n) is 3.14. The van der Waals surface area contributed by atoms with Crippen LogP contribution in [0.1, 0.15) is 37.4 Å². The maximum absolute atomic E-state index is 10.5. The smallest absolute Gasteiger partial charge is 0.0831 e. The van der Waals surface area contributed by atoms with Gasteiger partial charge in [0.25, 0.3) is 0 Å². The van der Waals surface area contributed by atoms with Crippen molar-refractivity contribution in [3.63, 3.8) is 0 Å². The Labute approximate surface area is 101 Å². The molecule has 1 heterocycles. The second-order valence-corrected chi connectivity index (χ2v) is 6.06. The van der Waals surface area contributed by atoms with Crippen LogP contribution in [0.2, 0.25) is 0 Å². The minimum absolute atomic E-state index is 0.225. The summed E-state index contributed by atoms with van der Waals surface area (Å²) in [6.07, 6.45) is 4.94. The Balaban J connectivity index is 1.96. The SMILES string of the molecule is O[C@@H]1c2ccccc2SC[C@@H]2CCCC[C@H]21. The largest absolute Gasteiger partial charge is 0.388 e. The molecule has 2 heteroatoms. The molecule has 1 fully saturated rings. The van der Waals surface area contributed by atoms with Gasteiger partial charge in [-0.3, -0.25) is 0 Å². The van der Waals surface area contributed by atoms with Crippen molar-refractivity contribution >= 4 is 11.8 Å². The van der Waals surface area contributed by atoms with Crippen LogP contribution in [-0.2, 0) is 0 Å². The van der Waals surface area contributed by atoms with E-state index in [1.807, 2.05) is 17.8 Å². The molecule has 0 radical (unpaired) electrons. The van der Waals surface area contributed by atoms with Crippen LogP contribution in [0.15, 0.2) is 29.2 Å². The van der Waals surface area contributed by atoms with Crippen molar-refractivity contribution in [3.05, 3.63) is 29.8 Å². The van der Waals surface area contributed by atoms with Crippen molar-refractivity contribution < 1.29 is 5.11 Å². The lowest BCUT2D eigenvalue weighted by Crippen LogP contribution is -2.25. The standard InChI is InChI=1S/C14H18OS/c15-14-11-6-2-1-5-10(11)9-16-13-8-4-3-7-12(13)14/h3-4,7-8,10-11,14-15H,1-2,5-6,9H2/t10-,11+,14-/m0/s1. The first-order valence-electron chi connectivity index (χ1n) is 6.26. The molecule has 1 aromatic rings. The molecule has 1 aliphatic heterocycles. The number of aliphatic hydroxyl groups is 1. The Morgan fingerprint density at radius 2 is 1.94 bits per heavy atom. The number of rotatable bonds is 0. The van der Waals surface area contributed by atoms with Crippen LogP contribution in [0.3, 0.4) is 0 Å². The summed E-state index contributed by atoms with van der Waals surface area (Å²) < 4.78 is 0. The normalized spacial score (nSPS) is 33.7. The molecule has 3 atom stereocenters. The second-order valence-electron chi connectivity index (χ2n) is 5.00. The van der Waals surface area contributed by atoms with E-state index in [4.69, 9.17) is 0 Å². The monoisotopic (exact) mass is 234 g/mol. The number of benzene rings is 1. The van der Waals surface area contributed by atoms with E-state index in [0.717, 1.165) is 5.92 Å². The Bertz CT molecular complexity index is 377. The average molecular weight is 234 g/mol. The molecule has 0 unspecified atom stereocenters. The highest BCUT2D eigenvalue weighted by molar-refractivity contribution is 7.99. The molecule has 2 aliphatic rings. The topological polar surface area (TPSA) is 20.2 Å². The van der Waals surface area contributed by atoms with Crippen LogP contribution in [0, 0.1) is 11.8 Å². The first-order chi connectivity index (χ1) is 7.86. The third kappa shape index (κ3) is 1.78. The van der Waals surface area contributed by atoms with Gasteiger partial charge in [-0.1, -0.05) is 31.0 Å². The summed E-state index contributed by atoms with van der Waals surface area (Å²) in [7, 11) is 0. The van der Waals surface area contributed by atoms with Gasteiger partial charge in [-0.2, -0.15) is 0 Å². The van der Waals surface area contributed by atoms with Crippen LogP contribution < -0.4 is 0 Å². The molecule has 0 saturated heterocycles. The summed E-state index contributed by atoms with van der Waals surface area (Å²) in [5.74, 6) is 2.42. The molecule has 86 valence electrons. The van der Waals surface area contributed by atoms with E-state index in [9.17, 15) is 5.11 Å². The van der Waals surface area contributed by atoms with Gasteiger partial charge in [0.15, 0.2) is 0 Å². The van der Waals surface area contributed by atoms with Crippen molar-refractivity contribution in [1.82, 2.24) is 0 Å². The van der Waals surface area contributed by atoms with Crippen molar-refractivity contribution in [2.75, 3.05) is 5.75 Å². The van der Waals surface area contributed by atoms with Crippen molar-refractivity contribution in [1.29, 1.82) is 0 Å². The molecule has 3 rings (SSSR count). The molecule has 0 bridgehead atoms. The van der Waals surface area contributed by atoms with Gasteiger partial charge < -0.3 is 5.11 Å². The van der Waals surface area contributed by atoms with Crippen molar-refractivity contribution in [3.8, 4) is 0 Å². The van der Waals surface area contributed by atoms with E-state index in [1.165, 1.54) is 41.9 Å². The zero-order valence-electron chi connectivity index (χ0n) is 9.43. The van der Waals surface area contributed by atoms with Gasteiger partial charge in [-0.05, 0) is 36.3 Å². The Hall–Kier alpha value is -0.470. The molecule has 0 aromatic heterocycles. The maximum Gasteiger partial charge on any atom is 0.0831 e. The first kappa shape index (κ1) is 10.7. The highest BCUT2D eigenvalue weighted by atomic mass is 32.2. The predicted octanol–water partition coefficient (Wildman–Crippen LogP) is 3.63. The lowest BCUT2D eigenvalue weighted by Gasteiger charge is -2.32. The van der Waals surface area contributed by atoms with Gasteiger partial charge in [0.2, 0.25) is 0 Å². The van der Waals surface area contributed by atoms with Crippen molar-refractivity contribution in [2.45, 2.75) is 36.7 Å². The number of thioether (sulfide) groups is 1. The first-order valence-corrected chi connectivity index (χ1v) is 7.24.